The van der Waals surface area contributed by atoms with E-state index in [2.05, 4.69) is 4.74 Å². The molecule has 0 radical (unpaired) electrons. The van der Waals surface area contributed by atoms with Gasteiger partial charge in [-0.05, 0) is 19.4 Å². The van der Waals surface area contributed by atoms with Gasteiger partial charge >= 0.3 is 5.97 Å². The summed E-state index contributed by atoms with van der Waals surface area (Å²) in [7, 11) is 1.10. The average Bonchev–Trinajstić information content (AvgIpc) is 2.47. The second-order valence-corrected chi connectivity index (χ2v) is 4.23. The zero-order valence-electron chi connectivity index (χ0n) is 11.8. The zero-order chi connectivity index (χ0) is 16.0. The number of nitro benzene ring substituents is 1. The van der Waals surface area contributed by atoms with E-state index in [0.29, 0.717) is 25.6 Å². The number of hydrogen-bond acceptors (Lipinski definition) is 6. The topological polar surface area (TPSA) is 92.9 Å². The third-order valence-corrected chi connectivity index (χ3v) is 2.97. The van der Waals surface area contributed by atoms with Crippen molar-refractivity contribution in [2.45, 2.75) is 13.3 Å². The van der Waals surface area contributed by atoms with Crippen molar-refractivity contribution in [1.82, 2.24) is 0 Å². The first-order valence-electron chi connectivity index (χ1n) is 6.38. The molecule has 0 amide bonds. The zero-order valence-corrected chi connectivity index (χ0v) is 11.8. The number of esters is 1. The number of hydrogen-bond donors (Lipinski definition) is 1. The van der Waals surface area contributed by atoms with Crippen LogP contribution in [0.1, 0.15) is 23.7 Å². The molecule has 0 atom stereocenters. The third kappa shape index (κ3) is 3.88. The van der Waals surface area contributed by atoms with Crippen LogP contribution in [-0.2, 0) is 4.74 Å². The van der Waals surface area contributed by atoms with Gasteiger partial charge in [-0.1, -0.05) is 0 Å². The van der Waals surface area contributed by atoms with Gasteiger partial charge in [-0.2, -0.15) is 0 Å². The number of benzene rings is 1. The van der Waals surface area contributed by atoms with Crippen LogP contribution in [0.25, 0.3) is 0 Å². The number of halogens is 1. The number of nitrogens with zero attached hydrogens (tertiary/aromatic N) is 2. The molecule has 0 bridgehead atoms. The van der Waals surface area contributed by atoms with E-state index < -0.39 is 22.4 Å². The van der Waals surface area contributed by atoms with Gasteiger partial charge in [0.2, 0.25) is 0 Å². The van der Waals surface area contributed by atoms with Gasteiger partial charge in [-0.25, -0.2) is 9.18 Å². The summed E-state index contributed by atoms with van der Waals surface area (Å²) < 4.78 is 18.2. The molecule has 0 aromatic heterocycles. The molecule has 0 aliphatic heterocycles. The van der Waals surface area contributed by atoms with Crippen LogP contribution < -0.4 is 4.90 Å². The maximum Gasteiger partial charge on any atom is 0.340 e. The lowest BCUT2D eigenvalue weighted by molar-refractivity contribution is -0.384. The number of rotatable bonds is 7. The second kappa shape index (κ2) is 7.53. The summed E-state index contributed by atoms with van der Waals surface area (Å²) in [5.74, 6) is -1.91. The van der Waals surface area contributed by atoms with Gasteiger partial charge in [-0.3, -0.25) is 10.1 Å². The SMILES string of the molecule is CCN(CCCO)c1cc(C(=O)OC)c(F)cc1[N+](=O)[O-]. The number of aliphatic hydroxyl groups excluding tert-OH is 1. The molecule has 0 unspecified atom stereocenters. The van der Waals surface area contributed by atoms with Gasteiger partial charge in [0.1, 0.15) is 11.5 Å². The molecule has 8 heteroatoms. The Hall–Kier alpha value is -2.22. The Morgan fingerprint density at radius 1 is 1.52 bits per heavy atom. The van der Waals surface area contributed by atoms with Crippen LogP contribution in [0.2, 0.25) is 0 Å². The van der Waals surface area contributed by atoms with Crippen molar-refractivity contribution in [2.24, 2.45) is 0 Å². The minimum absolute atomic E-state index is 0.0741. The average molecular weight is 300 g/mol. The summed E-state index contributed by atoms with van der Waals surface area (Å²) in [5, 5.41) is 19.9. The van der Waals surface area contributed by atoms with Crippen LogP contribution in [0, 0.1) is 15.9 Å². The lowest BCUT2D eigenvalue weighted by Crippen LogP contribution is -2.26. The van der Waals surface area contributed by atoms with Crippen molar-refractivity contribution >= 4 is 17.3 Å². The molecule has 0 saturated carbocycles. The molecular weight excluding hydrogens is 283 g/mol. The van der Waals surface area contributed by atoms with Crippen LogP contribution >= 0.6 is 0 Å². The van der Waals surface area contributed by atoms with Gasteiger partial charge < -0.3 is 14.7 Å². The van der Waals surface area contributed by atoms with Gasteiger partial charge in [0.15, 0.2) is 0 Å². The van der Waals surface area contributed by atoms with Crippen molar-refractivity contribution in [3.05, 3.63) is 33.6 Å². The molecule has 0 aliphatic rings. The van der Waals surface area contributed by atoms with Crippen molar-refractivity contribution in [2.75, 3.05) is 31.7 Å². The molecule has 0 aliphatic carbocycles. The maximum atomic E-state index is 13.8. The van der Waals surface area contributed by atoms with Crippen LogP contribution in [0.5, 0.6) is 0 Å². The first-order chi connectivity index (χ1) is 9.96. The van der Waals surface area contributed by atoms with E-state index in [-0.39, 0.29) is 17.9 Å². The molecule has 0 fully saturated rings. The highest BCUT2D eigenvalue weighted by atomic mass is 19.1. The largest absolute Gasteiger partial charge is 0.465 e. The molecule has 0 heterocycles. The van der Waals surface area contributed by atoms with Crippen LogP contribution in [0.4, 0.5) is 15.8 Å². The first-order valence-corrected chi connectivity index (χ1v) is 6.38. The summed E-state index contributed by atoms with van der Waals surface area (Å²) >= 11 is 0. The molecule has 1 rings (SSSR count). The first kappa shape index (κ1) is 16.8. The van der Waals surface area contributed by atoms with Crippen molar-refractivity contribution in [1.29, 1.82) is 0 Å². The summed E-state index contributed by atoms with van der Waals surface area (Å²) in [6.45, 7) is 2.45. The number of carbonyl (C=O) groups excluding carboxylic acids is 1. The van der Waals surface area contributed by atoms with Gasteiger partial charge in [-0.15, -0.1) is 0 Å². The smallest absolute Gasteiger partial charge is 0.340 e. The predicted molar refractivity (Wildman–Crippen MR) is 74.0 cm³/mol. The standard InChI is InChI=1S/C13H17FN2O5/c1-3-15(5-4-6-17)11-7-9(13(18)21-2)10(14)8-12(11)16(19)20/h7-8,17H,3-6H2,1-2H3. The van der Waals surface area contributed by atoms with Crippen LogP contribution in [-0.4, -0.2) is 42.8 Å². The minimum Gasteiger partial charge on any atom is -0.465 e. The summed E-state index contributed by atoms with van der Waals surface area (Å²) in [6.07, 6.45) is 0.399. The molecule has 0 saturated heterocycles. The Kier molecular flexibility index (Phi) is 6.04. The quantitative estimate of drug-likeness (QED) is 0.468. The monoisotopic (exact) mass is 300 g/mol. The number of anilines is 1. The van der Waals surface area contributed by atoms with E-state index in [4.69, 9.17) is 5.11 Å². The minimum atomic E-state index is -1.00. The molecule has 1 aromatic rings. The highest BCUT2D eigenvalue weighted by Crippen LogP contribution is 2.31. The van der Waals surface area contributed by atoms with Gasteiger partial charge in [0.25, 0.3) is 5.69 Å². The summed E-state index contributed by atoms with van der Waals surface area (Å²) in [6, 6.07) is 1.82. The van der Waals surface area contributed by atoms with Crippen molar-refractivity contribution < 1.29 is 24.0 Å². The lowest BCUT2D eigenvalue weighted by Gasteiger charge is -2.23. The number of methoxy groups -OCH3 is 1. The van der Waals surface area contributed by atoms with E-state index in [9.17, 15) is 19.3 Å². The van der Waals surface area contributed by atoms with Crippen LogP contribution in [0.3, 0.4) is 0 Å². The van der Waals surface area contributed by atoms with E-state index in [1.807, 2.05) is 0 Å². The highest BCUT2D eigenvalue weighted by Gasteiger charge is 2.25. The summed E-state index contributed by atoms with van der Waals surface area (Å²) in [5.41, 5.74) is -0.668. The fourth-order valence-corrected chi connectivity index (χ4v) is 1.93. The number of aliphatic hydroxyl groups is 1. The Labute approximate surface area is 121 Å². The highest BCUT2D eigenvalue weighted by molar-refractivity contribution is 5.92. The normalized spacial score (nSPS) is 10.3. The fourth-order valence-electron chi connectivity index (χ4n) is 1.93. The lowest BCUT2D eigenvalue weighted by atomic mass is 10.1. The Morgan fingerprint density at radius 3 is 2.67 bits per heavy atom. The van der Waals surface area contributed by atoms with E-state index >= 15 is 0 Å². The number of nitro groups is 1. The fraction of sp³-hybridized carbons (Fsp3) is 0.462. The van der Waals surface area contributed by atoms with E-state index in [1.165, 1.54) is 0 Å². The maximum absolute atomic E-state index is 13.8. The van der Waals surface area contributed by atoms with Crippen LogP contribution in [0.15, 0.2) is 12.1 Å². The Morgan fingerprint density at radius 2 is 2.19 bits per heavy atom. The van der Waals surface area contributed by atoms with E-state index in [1.54, 1.807) is 11.8 Å². The second-order valence-electron chi connectivity index (χ2n) is 4.23. The molecule has 1 aromatic carbocycles. The number of carbonyl (C=O) groups is 1. The summed E-state index contributed by atoms with van der Waals surface area (Å²) in [4.78, 5) is 23.5. The van der Waals surface area contributed by atoms with Gasteiger partial charge in [0, 0.05) is 19.7 Å². The Balaban J connectivity index is 3.37. The molecule has 1 N–H and O–H groups in total. The predicted octanol–water partition coefficient (Wildman–Crippen LogP) is 1.73. The van der Waals surface area contributed by atoms with Gasteiger partial charge in [0.05, 0.1) is 23.7 Å². The molecule has 21 heavy (non-hydrogen) atoms. The van der Waals surface area contributed by atoms with Crippen molar-refractivity contribution in [3.63, 3.8) is 0 Å². The molecular formula is C13H17FN2O5. The third-order valence-electron chi connectivity index (χ3n) is 2.97. The Bertz CT molecular complexity index is 536. The van der Waals surface area contributed by atoms with Crippen molar-refractivity contribution in [3.8, 4) is 0 Å². The van der Waals surface area contributed by atoms with E-state index in [0.717, 1.165) is 13.2 Å². The molecule has 0 spiro atoms. The molecule has 116 valence electrons. The molecule has 7 nitrogen and oxygen atoms in total. The number of ether oxygens (including phenoxy) is 1.